The van der Waals surface area contributed by atoms with E-state index in [1.165, 1.54) is 38.4 Å². The molecule has 1 saturated carbocycles. The van der Waals surface area contributed by atoms with Crippen molar-refractivity contribution in [3.05, 3.63) is 21.2 Å². The van der Waals surface area contributed by atoms with Gasteiger partial charge in [0, 0.05) is 6.54 Å². The number of aromatic nitrogens is 2. The SMILES string of the molecule is O=c1[nH]cnc(NCCOC2CCCCC2)c1Br. The van der Waals surface area contributed by atoms with Crippen LogP contribution in [0.3, 0.4) is 0 Å². The van der Waals surface area contributed by atoms with Gasteiger partial charge in [0.1, 0.15) is 10.3 Å². The largest absolute Gasteiger partial charge is 0.376 e. The Kier molecular flexibility index (Phi) is 5.19. The molecule has 18 heavy (non-hydrogen) atoms. The van der Waals surface area contributed by atoms with E-state index in [4.69, 9.17) is 4.74 Å². The molecule has 100 valence electrons. The minimum atomic E-state index is -0.180. The average molecular weight is 316 g/mol. The Labute approximate surface area is 114 Å². The molecule has 0 radical (unpaired) electrons. The molecule has 1 aliphatic carbocycles. The minimum Gasteiger partial charge on any atom is -0.376 e. The van der Waals surface area contributed by atoms with Gasteiger partial charge in [0.25, 0.3) is 5.56 Å². The predicted octanol–water partition coefficient (Wildman–Crippen LogP) is 2.29. The molecule has 2 rings (SSSR count). The Bertz CT molecular complexity index is 430. The smallest absolute Gasteiger partial charge is 0.267 e. The number of hydrogen-bond acceptors (Lipinski definition) is 4. The van der Waals surface area contributed by atoms with E-state index < -0.39 is 0 Å². The average Bonchev–Trinajstić information content (AvgIpc) is 2.40. The third kappa shape index (κ3) is 3.81. The van der Waals surface area contributed by atoms with Crippen LogP contribution in [0.1, 0.15) is 32.1 Å². The van der Waals surface area contributed by atoms with Crippen LogP contribution < -0.4 is 10.9 Å². The molecular formula is C12H18BrN3O2. The quantitative estimate of drug-likeness (QED) is 0.818. The zero-order chi connectivity index (χ0) is 12.8. The van der Waals surface area contributed by atoms with Crippen LogP contribution in [0.15, 0.2) is 15.6 Å². The number of ether oxygens (including phenoxy) is 1. The van der Waals surface area contributed by atoms with Crippen molar-refractivity contribution < 1.29 is 4.74 Å². The fourth-order valence-electron chi connectivity index (χ4n) is 2.13. The van der Waals surface area contributed by atoms with Crippen molar-refractivity contribution in [3.63, 3.8) is 0 Å². The Balaban J connectivity index is 1.71. The van der Waals surface area contributed by atoms with Gasteiger partial charge in [-0.2, -0.15) is 0 Å². The van der Waals surface area contributed by atoms with Crippen LogP contribution in [0, 0.1) is 0 Å². The van der Waals surface area contributed by atoms with Crippen LogP contribution in [0.25, 0.3) is 0 Å². The lowest BCUT2D eigenvalue weighted by Gasteiger charge is -2.22. The van der Waals surface area contributed by atoms with E-state index in [9.17, 15) is 4.79 Å². The molecule has 5 nitrogen and oxygen atoms in total. The van der Waals surface area contributed by atoms with Gasteiger partial charge >= 0.3 is 0 Å². The van der Waals surface area contributed by atoms with Crippen molar-refractivity contribution in [1.82, 2.24) is 9.97 Å². The lowest BCUT2D eigenvalue weighted by atomic mass is 9.98. The maximum Gasteiger partial charge on any atom is 0.267 e. The maximum absolute atomic E-state index is 11.3. The zero-order valence-corrected chi connectivity index (χ0v) is 11.8. The van der Waals surface area contributed by atoms with Gasteiger partial charge in [0.15, 0.2) is 0 Å². The third-order valence-electron chi connectivity index (χ3n) is 3.10. The molecule has 0 bridgehead atoms. The molecule has 1 aliphatic rings. The van der Waals surface area contributed by atoms with Crippen LogP contribution in [-0.4, -0.2) is 29.2 Å². The Morgan fingerprint density at radius 1 is 1.44 bits per heavy atom. The summed E-state index contributed by atoms with van der Waals surface area (Å²) in [5, 5.41) is 3.09. The Morgan fingerprint density at radius 3 is 3.00 bits per heavy atom. The lowest BCUT2D eigenvalue weighted by molar-refractivity contribution is 0.0347. The number of anilines is 1. The third-order valence-corrected chi connectivity index (χ3v) is 3.83. The minimum absolute atomic E-state index is 0.180. The lowest BCUT2D eigenvalue weighted by Crippen LogP contribution is -2.21. The van der Waals surface area contributed by atoms with Gasteiger partial charge in [0.2, 0.25) is 0 Å². The Hall–Kier alpha value is -0.880. The molecule has 0 aromatic carbocycles. The normalized spacial score (nSPS) is 16.7. The number of nitrogens with zero attached hydrogens (tertiary/aromatic N) is 1. The molecule has 1 aromatic rings. The first-order chi connectivity index (χ1) is 8.77. The van der Waals surface area contributed by atoms with Crippen molar-refractivity contribution in [3.8, 4) is 0 Å². The fraction of sp³-hybridized carbons (Fsp3) is 0.667. The van der Waals surface area contributed by atoms with E-state index in [-0.39, 0.29) is 5.56 Å². The maximum atomic E-state index is 11.3. The van der Waals surface area contributed by atoms with Crippen LogP contribution in [0.4, 0.5) is 5.82 Å². The van der Waals surface area contributed by atoms with Gasteiger partial charge in [-0.25, -0.2) is 4.98 Å². The molecule has 0 aliphatic heterocycles. The predicted molar refractivity (Wildman–Crippen MR) is 73.9 cm³/mol. The second-order valence-corrected chi connectivity index (χ2v) is 5.24. The second kappa shape index (κ2) is 6.89. The van der Waals surface area contributed by atoms with Crippen molar-refractivity contribution in [2.75, 3.05) is 18.5 Å². The van der Waals surface area contributed by atoms with Crippen LogP contribution >= 0.6 is 15.9 Å². The molecule has 1 aromatic heterocycles. The zero-order valence-electron chi connectivity index (χ0n) is 10.2. The van der Waals surface area contributed by atoms with Crippen LogP contribution in [0.5, 0.6) is 0 Å². The van der Waals surface area contributed by atoms with E-state index in [0.29, 0.717) is 29.5 Å². The van der Waals surface area contributed by atoms with Crippen molar-refractivity contribution in [2.24, 2.45) is 0 Å². The highest BCUT2D eigenvalue weighted by molar-refractivity contribution is 9.10. The van der Waals surface area contributed by atoms with Gasteiger partial charge in [-0.15, -0.1) is 0 Å². The standard InChI is InChI=1S/C12H18BrN3O2/c13-10-11(15-8-16-12(10)17)14-6-7-18-9-4-2-1-3-5-9/h8-9H,1-7H2,(H2,14,15,16,17). The summed E-state index contributed by atoms with van der Waals surface area (Å²) in [5.74, 6) is 0.561. The number of hydrogen-bond donors (Lipinski definition) is 2. The summed E-state index contributed by atoms with van der Waals surface area (Å²) >= 11 is 3.20. The molecule has 0 saturated heterocycles. The van der Waals surface area contributed by atoms with Crippen molar-refractivity contribution in [1.29, 1.82) is 0 Å². The van der Waals surface area contributed by atoms with Crippen LogP contribution in [0.2, 0.25) is 0 Å². The molecule has 2 N–H and O–H groups in total. The molecule has 0 amide bonds. The number of H-pyrrole nitrogens is 1. The first kappa shape index (κ1) is 13.5. The summed E-state index contributed by atoms with van der Waals surface area (Å²) in [7, 11) is 0. The van der Waals surface area contributed by atoms with Gasteiger partial charge in [-0.3, -0.25) is 4.79 Å². The number of nitrogens with one attached hydrogen (secondary N) is 2. The highest BCUT2D eigenvalue weighted by atomic mass is 79.9. The number of rotatable bonds is 5. The molecule has 6 heteroatoms. The molecular weight excluding hydrogens is 298 g/mol. The van der Waals surface area contributed by atoms with E-state index in [0.717, 1.165) is 0 Å². The summed E-state index contributed by atoms with van der Waals surface area (Å²) in [6, 6.07) is 0. The first-order valence-electron chi connectivity index (χ1n) is 6.36. The summed E-state index contributed by atoms with van der Waals surface area (Å²) < 4.78 is 6.22. The van der Waals surface area contributed by atoms with Gasteiger partial charge in [-0.05, 0) is 28.8 Å². The van der Waals surface area contributed by atoms with E-state index in [2.05, 4.69) is 31.2 Å². The van der Waals surface area contributed by atoms with Gasteiger partial charge < -0.3 is 15.0 Å². The van der Waals surface area contributed by atoms with E-state index in [1.807, 2.05) is 0 Å². The monoisotopic (exact) mass is 315 g/mol. The summed E-state index contributed by atoms with van der Waals surface area (Å²) in [6.07, 6.45) is 8.04. The number of aromatic amines is 1. The first-order valence-corrected chi connectivity index (χ1v) is 7.15. The summed E-state index contributed by atoms with van der Waals surface area (Å²) in [4.78, 5) is 17.9. The topological polar surface area (TPSA) is 67.0 Å². The van der Waals surface area contributed by atoms with Gasteiger partial charge in [-0.1, -0.05) is 19.3 Å². The summed E-state index contributed by atoms with van der Waals surface area (Å²) in [6.45, 7) is 1.30. The highest BCUT2D eigenvalue weighted by Crippen LogP contribution is 2.20. The summed E-state index contributed by atoms with van der Waals surface area (Å²) in [5.41, 5.74) is -0.180. The van der Waals surface area contributed by atoms with Crippen molar-refractivity contribution in [2.45, 2.75) is 38.2 Å². The number of halogens is 1. The van der Waals surface area contributed by atoms with Crippen LogP contribution in [-0.2, 0) is 4.74 Å². The molecule has 1 fully saturated rings. The van der Waals surface area contributed by atoms with Crippen molar-refractivity contribution >= 4 is 21.7 Å². The fourth-order valence-corrected chi connectivity index (χ4v) is 2.49. The highest BCUT2D eigenvalue weighted by Gasteiger charge is 2.13. The van der Waals surface area contributed by atoms with E-state index >= 15 is 0 Å². The molecule has 1 heterocycles. The molecule has 0 spiro atoms. The Morgan fingerprint density at radius 2 is 2.22 bits per heavy atom. The van der Waals surface area contributed by atoms with Gasteiger partial charge in [0.05, 0.1) is 19.0 Å². The van der Waals surface area contributed by atoms with E-state index in [1.54, 1.807) is 0 Å². The second-order valence-electron chi connectivity index (χ2n) is 4.45. The molecule has 0 atom stereocenters. The molecule has 0 unspecified atom stereocenters.